The second-order valence-corrected chi connectivity index (χ2v) is 8.09. The molecule has 0 heterocycles. The van der Waals surface area contributed by atoms with Crippen LogP contribution < -0.4 is 10.6 Å². The average Bonchev–Trinajstić information content (AvgIpc) is 2.43. The Morgan fingerprint density at radius 2 is 1.12 bits per heavy atom. The largest absolute Gasteiger partial charge is 0.303 e. The maximum absolute atomic E-state index is 12.8. The van der Waals surface area contributed by atoms with E-state index in [-0.39, 0.29) is 23.7 Å². The Balaban J connectivity index is 3.10. The van der Waals surface area contributed by atoms with Crippen molar-refractivity contribution in [2.45, 2.75) is 78.6 Å². The van der Waals surface area contributed by atoms with Crippen molar-refractivity contribution in [2.75, 3.05) is 0 Å². The summed E-state index contributed by atoms with van der Waals surface area (Å²) in [6.45, 7) is 15.5. The van der Waals surface area contributed by atoms with Gasteiger partial charge in [-0.25, -0.2) is 0 Å². The van der Waals surface area contributed by atoms with Gasteiger partial charge in [0.15, 0.2) is 11.6 Å². The van der Waals surface area contributed by atoms with Crippen LogP contribution in [0.3, 0.4) is 0 Å². The molecule has 0 atom stereocenters. The summed E-state index contributed by atoms with van der Waals surface area (Å²) in [7, 11) is 0. The van der Waals surface area contributed by atoms with Gasteiger partial charge >= 0.3 is 0 Å². The molecule has 0 aromatic heterocycles. The van der Waals surface area contributed by atoms with Gasteiger partial charge in [-0.2, -0.15) is 0 Å². The Bertz CT molecular complexity index is 552. The molecule has 4 heteroatoms. The molecule has 134 valence electrons. The summed E-state index contributed by atoms with van der Waals surface area (Å²) in [5, 5.41) is 6.55. The molecule has 0 saturated carbocycles. The smallest absolute Gasteiger partial charge is 0.182 e. The summed E-state index contributed by atoms with van der Waals surface area (Å²) in [6, 6.07) is 7.42. The number of carbonyl (C=O) groups excluding carboxylic acids is 2. The van der Waals surface area contributed by atoms with Gasteiger partial charge in [0.25, 0.3) is 0 Å². The van der Waals surface area contributed by atoms with Crippen LogP contribution in [0, 0.1) is 0 Å². The summed E-state index contributed by atoms with van der Waals surface area (Å²) in [5.74, 6) is -0.0269. The molecule has 0 aliphatic rings. The molecular weight excluding hydrogens is 300 g/mol. The summed E-state index contributed by atoms with van der Waals surface area (Å²) < 4.78 is 0. The van der Waals surface area contributed by atoms with E-state index in [4.69, 9.17) is 0 Å². The fraction of sp³-hybridized carbons (Fsp3) is 0.600. The molecule has 1 aromatic rings. The third kappa shape index (κ3) is 5.25. The topological polar surface area (TPSA) is 58.2 Å². The van der Waals surface area contributed by atoms with Gasteiger partial charge in [0.2, 0.25) is 0 Å². The highest BCUT2D eigenvalue weighted by atomic mass is 16.1. The lowest BCUT2D eigenvalue weighted by Crippen LogP contribution is -2.50. The molecule has 0 aliphatic heterocycles. The second-order valence-electron chi connectivity index (χ2n) is 8.09. The first kappa shape index (κ1) is 20.5. The van der Waals surface area contributed by atoms with Crippen LogP contribution in [-0.2, 0) is 0 Å². The van der Waals surface area contributed by atoms with Crippen LogP contribution in [-0.4, -0.2) is 34.7 Å². The standard InChI is InChI=1S/C20H32N2O2/c1-13(2)21-19(5,6)17(23)15-10-9-11-16(12-15)18(24)20(7,8)22-14(3)4/h9-14,21-22H,1-8H3. The number of ketones is 2. The van der Waals surface area contributed by atoms with Gasteiger partial charge in [0.1, 0.15) is 0 Å². The number of benzene rings is 1. The molecule has 1 rings (SSSR count). The van der Waals surface area contributed by atoms with Gasteiger partial charge in [-0.3, -0.25) is 9.59 Å². The highest BCUT2D eigenvalue weighted by Crippen LogP contribution is 2.19. The third-order valence-electron chi connectivity index (χ3n) is 3.82. The minimum absolute atomic E-state index is 0.0134. The number of nitrogens with one attached hydrogen (secondary N) is 2. The van der Waals surface area contributed by atoms with E-state index >= 15 is 0 Å². The predicted octanol–water partition coefficient (Wildman–Crippen LogP) is 3.61. The lowest BCUT2D eigenvalue weighted by atomic mass is 9.88. The van der Waals surface area contributed by atoms with E-state index in [1.54, 1.807) is 24.3 Å². The van der Waals surface area contributed by atoms with Crippen LogP contribution in [0.4, 0.5) is 0 Å². The Hall–Kier alpha value is -1.52. The second kappa shape index (κ2) is 7.58. The van der Waals surface area contributed by atoms with Crippen molar-refractivity contribution in [3.63, 3.8) is 0 Å². The molecular formula is C20H32N2O2. The number of hydrogen-bond donors (Lipinski definition) is 2. The Morgan fingerprint density at radius 3 is 1.42 bits per heavy atom. The van der Waals surface area contributed by atoms with Crippen molar-refractivity contribution in [3.8, 4) is 0 Å². The van der Waals surface area contributed by atoms with Gasteiger partial charge in [-0.1, -0.05) is 18.2 Å². The third-order valence-corrected chi connectivity index (χ3v) is 3.82. The number of Topliss-reactive ketones (excluding diaryl/α,β-unsaturated/α-hetero) is 2. The van der Waals surface area contributed by atoms with E-state index in [0.717, 1.165) is 0 Å². The molecule has 0 unspecified atom stereocenters. The first-order chi connectivity index (χ1) is 10.9. The van der Waals surface area contributed by atoms with E-state index in [9.17, 15) is 9.59 Å². The zero-order valence-electron chi connectivity index (χ0n) is 16.3. The lowest BCUT2D eigenvalue weighted by Gasteiger charge is -2.29. The van der Waals surface area contributed by atoms with Crippen LogP contribution in [0.25, 0.3) is 0 Å². The number of rotatable bonds is 8. The normalized spacial score (nSPS) is 12.8. The molecule has 0 bridgehead atoms. The molecule has 4 nitrogen and oxygen atoms in total. The molecule has 0 spiro atoms. The van der Waals surface area contributed by atoms with Crippen LogP contribution in [0.2, 0.25) is 0 Å². The lowest BCUT2D eigenvalue weighted by molar-refractivity contribution is 0.0871. The highest BCUT2D eigenvalue weighted by molar-refractivity contribution is 6.07. The molecule has 0 amide bonds. The summed E-state index contributed by atoms with van der Waals surface area (Å²) in [5.41, 5.74) is -0.248. The van der Waals surface area contributed by atoms with E-state index in [2.05, 4.69) is 10.6 Å². The van der Waals surface area contributed by atoms with Gasteiger partial charge in [-0.15, -0.1) is 0 Å². The molecule has 0 saturated heterocycles. The molecule has 24 heavy (non-hydrogen) atoms. The first-order valence-electron chi connectivity index (χ1n) is 8.62. The average molecular weight is 332 g/mol. The van der Waals surface area contributed by atoms with Crippen molar-refractivity contribution in [2.24, 2.45) is 0 Å². The zero-order chi connectivity index (χ0) is 18.7. The van der Waals surface area contributed by atoms with Crippen molar-refractivity contribution in [1.29, 1.82) is 0 Å². The van der Waals surface area contributed by atoms with E-state index in [1.165, 1.54) is 0 Å². The van der Waals surface area contributed by atoms with Gasteiger partial charge in [0.05, 0.1) is 11.1 Å². The van der Waals surface area contributed by atoms with Crippen LogP contribution >= 0.6 is 0 Å². The minimum atomic E-state index is -0.679. The minimum Gasteiger partial charge on any atom is -0.303 e. The summed E-state index contributed by atoms with van der Waals surface area (Å²) >= 11 is 0. The van der Waals surface area contributed by atoms with Crippen LogP contribution in [0.1, 0.15) is 76.1 Å². The molecule has 0 aliphatic carbocycles. The van der Waals surface area contributed by atoms with Gasteiger partial charge in [-0.05, 0) is 61.5 Å². The SMILES string of the molecule is CC(C)NC(C)(C)C(=O)c1cccc(C(=O)C(C)(C)NC(C)C)c1. The highest BCUT2D eigenvalue weighted by Gasteiger charge is 2.32. The van der Waals surface area contributed by atoms with Crippen molar-refractivity contribution in [3.05, 3.63) is 35.4 Å². The van der Waals surface area contributed by atoms with E-state index in [0.29, 0.717) is 11.1 Å². The number of hydrogen-bond acceptors (Lipinski definition) is 4. The van der Waals surface area contributed by atoms with Crippen LogP contribution in [0.5, 0.6) is 0 Å². The van der Waals surface area contributed by atoms with Crippen LogP contribution in [0.15, 0.2) is 24.3 Å². The molecule has 2 N–H and O–H groups in total. The summed E-state index contributed by atoms with van der Waals surface area (Å²) in [4.78, 5) is 25.6. The predicted molar refractivity (Wildman–Crippen MR) is 99.8 cm³/mol. The maximum atomic E-state index is 12.8. The summed E-state index contributed by atoms with van der Waals surface area (Å²) in [6.07, 6.45) is 0. The molecule has 1 aromatic carbocycles. The number of carbonyl (C=O) groups is 2. The van der Waals surface area contributed by atoms with E-state index in [1.807, 2.05) is 55.4 Å². The quantitative estimate of drug-likeness (QED) is 0.714. The maximum Gasteiger partial charge on any atom is 0.182 e. The first-order valence-corrected chi connectivity index (χ1v) is 8.62. The van der Waals surface area contributed by atoms with Crippen molar-refractivity contribution >= 4 is 11.6 Å². The van der Waals surface area contributed by atoms with E-state index < -0.39 is 11.1 Å². The Morgan fingerprint density at radius 1 is 0.792 bits per heavy atom. The van der Waals surface area contributed by atoms with Gasteiger partial charge < -0.3 is 10.6 Å². The van der Waals surface area contributed by atoms with Crippen molar-refractivity contribution in [1.82, 2.24) is 10.6 Å². The monoisotopic (exact) mass is 332 g/mol. The Kier molecular flexibility index (Phi) is 6.48. The fourth-order valence-electron chi connectivity index (χ4n) is 3.10. The van der Waals surface area contributed by atoms with Crippen molar-refractivity contribution < 1.29 is 9.59 Å². The van der Waals surface area contributed by atoms with Gasteiger partial charge in [0, 0.05) is 23.2 Å². The Labute approximate surface area is 146 Å². The molecule has 0 radical (unpaired) electrons. The zero-order valence-corrected chi connectivity index (χ0v) is 16.3. The fourth-order valence-corrected chi connectivity index (χ4v) is 3.10. The molecule has 0 fully saturated rings.